The molecule has 0 radical (unpaired) electrons. The molecule has 1 aromatic heterocycles. The van der Waals surface area contributed by atoms with E-state index < -0.39 is 6.10 Å². The summed E-state index contributed by atoms with van der Waals surface area (Å²) in [5.74, 6) is 0.614. The Bertz CT molecular complexity index is 523. The van der Waals surface area contributed by atoms with Crippen LogP contribution in [0.5, 0.6) is 0 Å². The van der Waals surface area contributed by atoms with Gasteiger partial charge in [-0.1, -0.05) is 17.2 Å². The molecule has 0 saturated carbocycles. The second kappa shape index (κ2) is 4.14. The van der Waals surface area contributed by atoms with Gasteiger partial charge in [0.2, 0.25) is 0 Å². The normalized spacial score (nSPS) is 12.9. The van der Waals surface area contributed by atoms with Gasteiger partial charge in [0.05, 0.1) is 0 Å². The van der Waals surface area contributed by atoms with Crippen molar-refractivity contribution in [3.63, 3.8) is 0 Å². The molecule has 1 aromatic carbocycles. The van der Waals surface area contributed by atoms with Crippen LogP contribution in [0.25, 0.3) is 11.0 Å². The van der Waals surface area contributed by atoms with Gasteiger partial charge in [-0.05, 0) is 32.0 Å². The third kappa shape index (κ3) is 2.17. The Morgan fingerprint density at radius 3 is 2.88 bits per heavy atom. The Kier molecular flexibility index (Phi) is 2.84. The van der Waals surface area contributed by atoms with Gasteiger partial charge in [0.15, 0.2) is 0 Å². The zero-order valence-corrected chi connectivity index (χ0v) is 9.66. The maximum atomic E-state index is 9.91. The number of hydrogen-bond donors (Lipinski definition) is 1. The first kappa shape index (κ1) is 11.0. The molecule has 0 aliphatic rings. The summed E-state index contributed by atoms with van der Waals surface area (Å²) in [6.07, 6.45) is -0.0519. The van der Waals surface area contributed by atoms with Crippen molar-refractivity contribution in [2.45, 2.75) is 26.4 Å². The second-order valence-electron chi connectivity index (χ2n) is 4.37. The molecule has 0 fully saturated rings. The molecule has 0 spiro atoms. The van der Waals surface area contributed by atoms with Crippen LogP contribution < -0.4 is 0 Å². The van der Waals surface area contributed by atoms with Crippen LogP contribution in [0.1, 0.15) is 30.8 Å². The van der Waals surface area contributed by atoms with Gasteiger partial charge in [-0.2, -0.15) is 0 Å². The lowest BCUT2D eigenvalue weighted by Gasteiger charge is -2.05. The lowest BCUT2D eigenvalue weighted by atomic mass is 10.1. The molecule has 0 saturated heterocycles. The van der Waals surface area contributed by atoms with E-state index in [1.165, 1.54) is 5.56 Å². The first-order valence-electron chi connectivity index (χ1n) is 5.39. The summed E-state index contributed by atoms with van der Waals surface area (Å²) in [7, 11) is 0. The highest BCUT2D eigenvalue weighted by molar-refractivity contribution is 5.78. The predicted molar refractivity (Wildman–Crippen MR) is 65.3 cm³/mol. The van der Waals surface area contributed by atoms with Gasteiger partial charge in [-0.25, -0.2) is 0 Å². The maximum absolute atomic E-state index is 9.91. The van der Waals surface area contributed by atoms with Gasteiger partial charge in [-0.3, -0.25) is 0 Å². The molecule has 0 aliphatic heterocycles. The molecule has 1 unspecified atom stereocenters. The Balaban J connectivity index is 2.35. The predicted octanol–water partition coefficient (Wildman–Crippen LogP) is 3.74. The third-order valence-electron chi connectivity index (χ3n) is 2.56. The Labute approximate surface area is 95.2 Å². The van der Waals surface area contributed by atoms with Crippen molar-refractivity contribution in [1.82, 2.24) is 0 Å². The number of aliphatic hydroxyl groups excluding tert-OH is 1. The average molecular weight is 216 g/mol. The minimum atomic E-state index is -0.592. The van der Waals surface area contributed by atoms with Crippen molar-refractivity contribution in [1.29, 1.82) is 0 Å². The van der Waals surface area contributed by atoms with Crippen molar-refractivity contribution < 1.29 is 9.52 Å². The van der Waals surface area contributed by atoms with E-state index in [0.29, 0.717) is 12.2 Å². The van der Waals surface area contributed by atoms with Crippen LogP contribution in [0.3, 0.4) is 0 Å². The molecular weight excluding hydrogens is 200 g/mol. The molecule has 0 amide bonds. The van der Waals surface area contributed by atoms with E-state index in [9.17, 15) is 5.11 Å². The van der Waals surface area contributed by atoms with Gasteiger partial charge < -0.3 is 9.52 Å². The highest BCUT2D eigenvalue weighted by Crippen LogP contribution is 2.27. The van der Waals surface area contributed by atoms with Crippen molar-refractivity contribution in [3.8, 4) is 0 Å². The molecule has 1 atom stereocenters. The molecule has 84 valence electrons. The van der Waals surface area contributed by atoms with E-state index in [4.69, 9.17) is 4.42 Å². The lowest BCUT2D eigenvalue weighted by Crippen LogP contribution is -1.95. The van der Waals surface area contributed by atoms with Crippen LogP contribution in [0.15, 0.2) is 40.8 Å². The Morgan fingerprint density at radius 2 is 2.19 bits per heavy atom. The van der Waals surface area contributed by atoms with Crippen LogP contribution in [0.4, 0.5) is 0 Å². The molecule has 2 heteroatoms. The van der Waals surface area contributed by atoms with Crippen molar-refractivity contribution >= 4 is 11.0 Å². The minimum Gasteiger partial charge on any atom is -0.458 e. The minimum absolute atomic E-state index is 0.540. The number of aliphatic hydroxyl groups is 1. The fourth-order valence-electron chi connectivity index (χ4n) is 1.78. The molecule has 2 nitrogen and oxygen atoms in total. The van der Waals surface area contributed by atoms with E-state index in [2.05, 4.69) is 12.6 Å². The number of rotatable bonds is 3. The van der Waals surface area contributed by atoms with E-state index in [1.807, 2.05) is 32.0 Å². The van der Waals surface area contributed by atoms with Crippen LogP contribution in [0.2, 0.25) is 0 Å². The second-order valence-corrected chi connectivity index (χ2v) is 4.37. The number of fused-ring (bicyclic) bond motifs is 1. The fraction of sp³-hybridized carbons (Fsp3) is 0.286. The fourth-order valence-corrected chi connectivity index (χ4v) is 1.78. The quantitative estimate of drug-likeness (QED) is 0.793. The first-order chi connectivity index (χ1) is 7.56. The molecular formula is C14H16O2. The van der Waals surface area contributed by atoms with Gasteiger partial charge >= 0.3 is 0 Å². The molecule has 1 N–H and O–H groups in total. The van der Waals surface area contributed by atoms with E-state index in [0.717, 1.165) is 16.5 Å². The number of aryl methyl sites for hydroxylation is 1. The first-order valence-corrected chi connectivity index (χ1v) is 5.39. The van der Waals surface area contributed by atoms with Crippen molar-refractivity contribution in [2.75, 3.05) is 0 Å². The summed E-state index contributed by atoms with van der Waals surface area (Å²) < 4.78 is 5.59. The summed E-state index contributed by atoms with van der Waals surface area (Å²) in [5, 5.41) is 10.9. The van der Waals surface area contributed by atoms with Crippen molar-refractivity contribution in [3.05, 3.63) is 47.7 Å². The summed E-state index contributed by atoms with van der Waals surface area (Å²) in [5.41, 5.74) is 2.96. The van der Waals surface area contributed by atoms with Crippen LogP contribution >= 0.6 is 0 Å². The lowest BCUT2D eigenvalue weighted by molar-refractivity contribution is 0.152. The zero-order chi connectivity index (χ0) is 11.7. The van der Waals surface area contributed by atoms with Gasteiger partial charge in [0.1, 0.15) is 17.4 Å². The Hall–Kier alpha value is -1.54. The third-order valence-corrected chi connectivity index (χ3v) is 2.56. The number of hydrogen-bond acceptors (Lipinski definition) is 2. The largest absolute Gasteiger partial charge is 0.458 e. The standard InChI is InChI=1S/C14H16O2/c1-9(2)6-12(15)14-8-11-7-10(3)4-5-13(11)16-14/h4-5,7-8,12,15H,1,6H2,2-3H3. The summed E-state index contributed by atoms with van der Waals surface area (Å²) in [4.78, 5) is 0. The van der Waals surface area contributed by atoms with E-state index >= 15 is 0 Å². The van der Waals surface area contributed by atoms with E-state index in [-0.39, 0.29) is 0 Å². The molecule has 0 bridgehead atoms. The Morgan fingerprint density at radius 1 is 1.44 bits per heavy atom. The molecule has 0 aliphatic carbocycles. The summed E-state index contributed by atoms with van der Waals surface area (Å²) in [6, 6.07) is 7.88. The van der Waals surface area contributed by atoms with E-state index in [1.54, 1.807) is 0 Å². The van der Waals surface area contributed by atoms with Crippen molar-refractivity contribution in [2.24, 2.45) is 0 Å². The maximum Gasteiger partial charge on any atom is 0.134 e. The monoisotopic (exact) mass is 216 g/mol. The highest BCUT2D eigenvalue weighted by atomic mass is 16.4. The number of furan rings is 1. The zero-order valence-electron chi connectivity index (χ0n) is 9.66. The smallest absolute Gasteiger partial charge is 0.134 e. The van der Waals surface area contributed by atoms with Gasteiger partial charge in [0.25, 0.3) is 0 Å². The average Bonchev–Trinajstić information content (AvgIpc) is 2.59. The van der Waals surface area contributed by atoms with Gasteiger partial charge in [-0.15, -0.1) is 6.58 Å². The molecule has 2 rings (SSSR count). The van der Waals surface area contributed by atoms with Crippen LogP contribution in [-0.2, 0) is 0 Å². The summed E-state index contributed by atoms with van der Waals surface area (Å²) in [6.45, 7) is 7.72. The molecule has 16 heavy (non-hydrogen) atoms. The van der Waals surface area contributed by atoms with Gasteiger partial charge in [0, 0.05) is 11.8 Å². The topological polar surface area (TPSA) is 33.4 Å². The molecule has 2 aromatic rings. The SMILES string of the molecule is C=C(C)CC(O)c1cc2cc(C)ccc2o1. The van der Waals surface area contributed by atoms with Crippen LogP contribution in [0, 0.1) is 6.92 Å². The van der Waals surface area contributed by atoms with Crippen LogP contribution in [-0.4, -0.2) is 5.11 Å². The molecule has 1 heterocycles. The highest BCUT2D eigenvalue weighted by Gasteiger charge is 2.13. The summed E-state index contributed by atoms with van der Waals surface area (Å²) >= 11 is 0. The number of benzene rings is 1.